The molecule has 1 aromatic heterocycles. The largest absolute Gasteiger partial charge is 0.481 e. The van der Waals surface area contributed by atoms with Gasteiger partial charge in [-0.05, 0) is 32.2 Å². The van der Waals surface area contributed by atoms with Gasteiger partial charge in [0.1, 0.15) is 5.01 Å². The van der Waals surface area contributed by atoms with Crippen molar-refractivity contribution in [1.29, 1.82) is 0 Å². The van der Waals surface area contributed by atoms with Crippen LogP contribution in [-0.4, -0.2) is 22.6 Å². The molecule has 0 saturated heterocycles. The van der Waals surface area contributed by atoms with Crippen molar-refractivity contribution in [1.82, 2.24) is 10.3 Å². The maximum atomic E-state index is 11.2. The molecular formula is C13H20N2O2S. The van der Waals surface area contributed by atoms with Crippen LogP contribution in [0.25, 0.3) is 0 Å². The standard InChI is InChI=1S/C13H20N2O2S/c1-9(12-14-6-7-18-12)15-8-10-4-2-3-5-11(10)13(16)17/h6-7,9-11,15H,2-5,8H2,1H3,(H,16,17). The van der Waals surface area contributed by atoms with Gasteiger partial charge in [0.2, 0.25) is 0 Å². The van der Waals surface area contributed by atoms with Gasteiger partial charge in [-0.1, -0.05) is 12.8 Å². The van der Waals surface area contributed by atoms with Crippen LogP contribution in [0.15, 0.2) is 11.6 Å². The first-order valence-electron chi connectivity index (χ1n) is 6.54. The highest BCUT2D eigenvalue weighted by atomic mass is 32.1. The molecular weight excluding hydrogens is 248 g/mol. The fourth-order valence-electron chi connectivity index (χ4n) is 2.64. The fraction of sp³-hybridized carbons (Fsp3) is 0.692. The molecule has 0 aromatic carbocycles. The molecule has 0 aliphatic heterocycles. The van der Waals surface area contributed by atoms with Crippen LogP contribution in [0.5, 0.6) is 0 Å². The lowest BCUT2D eigenvalue weighted by Gasteiger charge is -2.29. The maximum Gasteiger partial charge on any atom is 0.306 e. The van der Waals surface area contributed by atoms with Crippen molar-refractivity contribution in [3.63, 3.8) is 0 Å². The summed E-state index contributed by atoms with van der Waals surface area (Å²) in [6.07, 6.45) is 5.86. The molecule has 5 heteroatoms. The molecule has 1 aliphatic rings. The summed E-state index contributed by atoms with van der Waals surface area (Å²) in [5, 5.41) is 15.7. The van der Waals surface area contributed by atoms with Crippen LogP contribution in [0, 0.1) is 11.8 Å². The average molecular weight is 268 g/mol. The molecule has 100 valence electrons. The van der Waals surface area contributed by atoms with Crippen molar-refractivity contribution in [2.45, 2.75) is 38.6 Å². The normalized spacial score (nSPS) is 25.8. The lowest BCUT2D eigenvalue weighted by molar-refractivity contribution is -0.144. The van der Waals surface area contributed by atoms with Gasteiger partial charge in [0.25, 0.3) is 0 Å². The molecule has 1 fully saturated rings. The van der Waals surface area contributed by atoms with Gasteiger partial charge in [0.05, 0.1) is 12.0 Å². The Morgan fingerprint density at radius 1 is 1.61 bits per heavy atom. The second-order valence-corrected chi connectivity index (χ2v) is 5.92. The molecule has 0 spiro atoms. The number of thiazole rings is 1. The molecule has 4 nitrogen and oxygen atoms in total. The van der Waals surface area contributed by atoms with Gasteiger partial charge in [-0.2, -0.15) is 0 Å². The van der Waals surface area contributed by atoms with Crippen molar-refractivity contribution < 1.29 is 9.90 Å². The third-order valence-electron chi connectivity index (χ3n) is 3.73. The van der Waals surface area contributed by atoms with Gasteiger partial charge in [-0.15, -0.1) is 11.3 Å². The molecule has 18 heavy (non-hydrogen) atoms. The molecule has 0 amide bonds. The van der Waals surface area contributed by atoms with E-state index < -0.39 is 5.97 Å². The summed E-state index contributed by atoms with van der Waals surface area (Å²) in [6, 6.07) is 0.210. The van der Waals surface area contributed by atoms with Crippen molar-refractivity contribution in [2.75, 3.05) is 6.54 Å². The third kappa shape index (κ3) is 3.29. The van der Waals surface area contributed by atoms with Gasteiger partial charge >= 0.3 is 5.97 Å². The van der Waals surface area contributed by atoms with Crippen molar-refractivity contribution in [3.8, 4) is 0 Å². The molecule has 1 aromatic rings. The number of rotatable bonds is 5. The number of hydrogen-bond donors (Lipinski definition) is 2. The van der Waals surface area contributed by atoms with Gasteiger partial charge in [0, 0.05) is 11.6 Å². The Balaban J connectivity index is 1.86. The third-order valence-corrected chi connectivity index (χ3v) is 4.69. The Bertz CT molecular complexity index is 380. The predicted molar refractivity (Wildman–Crippen MR) is 71.6 cm³/mol. The number of carboxylic acid groups (broad SMARTS) is 1. The van der Waals surface area contributed by atoms with Gasteiger partial charge in [0.15, 0.2) is 0 Å². The zero-order chi connectivity index (χ0) is 13.0. The minimum atomic E-state index is -0.636. The number of carboxylic acids is 1. The Kier molecular flexibility index (Phi) is 4.72. The molecule has 2 rings (SSSR count). The highest BCUT2D eigenvalue weighted by molar-refractivity contribution is 7.09. The van der Waals surface area contributed by atoms with Crippen LogP contribution in [0.4, 0.5) is 0 Å². The molecule has 3 atom stereocenters. The summed E-state index contributed by atoms with van der Waals surface area (Å²) in [5.41, 5.74) is 0. The number of nitrogens with zero attached hydrogens (tertiary/aromatic N) is 1. The lowest BCUT2D eigenvalue weighted by atomic mass is 9.79. The van der Waals surface area contributed by atoms with E-state index in [0.717, 1.165) is 37.2 Å². The first kappa shape index (κ1) is 13.5. The van der Waals surface area contributed by atoms with Crippen LogP contribution in [0.2, 0.25) is 0 Å². The van der Waals surface area contributed by atoms with Crippen LogP contribution in [0.1, 0.15) is 43.7 Å². The van der Waals surface area contributed by atoms with Gasteiger partial charge < -0.3 is 10.4 Å². The van der Waals surface area contributed by atoms with E-state index in [1.54, 1.807) is 17.5 Å². The number of nitrogens with one attached hydrogen (secondary N) is 1. The van der Waals surface area contributed by atoms with Crippen LogP contribution in [0.3, 0.4) is 0 Å². The summed E-state index contributed by atoms with van der Waals surface area (Å²) < 4.78 is 0. The Labute approximate surface area is 111 Å². The first-order chi connectivity index (χ1) is 8.68. The monoisotopic (exact) mass is 268 g/mol. The summed E-state index contributed by atoms with van der Waals surface area (Å²) in [5.74, 6) is -0.545. The van der Waals surface area contributed by atoms with E-state index in [4.69, 9.17) is 0 Å². The smallest absolute Gasteiger partial charge is 0.306 e. The Morgan fingerprint density at radius 3 is 3.06 bits per heavy atom. The van der Waals surface area contributed by atoms with E-state index in [1.807, 2.05) is 5.38 Å². The van der Waals surface area contributed by atoms with E-state index >= 15 is 0 Å². The molecule has 3 unspecified atom stereocenters. The molecule has 2 N–H and O–H groups in total. The van der Waals surface area contributed by atoms with Crippen LogP contribution in [-0.2, 0) is 4.79 Å². The van der Waals surface area contributed by atoms with Crippen molar-refractivity contribution >= 4 is 17.3 Å². The Morgan fingerprint density at radius 2 is 2.39 bits per heavy atom. The lowest BCUT2D eigenvalue weighted by Crippen LogP contribution is -2.35. The van der Waals surface area contributed by atoms with E-state index in [0.29, 0.717) is 0 Å². The summed E-state index contributed by atoms with van der Waals surface area (Å²) in [4.78, 5) is 15.5. The van der Waals surface area contributed by atoms with E-state index in [-0.39, 0.29) is 17.9 Å². The van der Waals surface area contributed by atoms with Gasteiger partial charge in [-0.25, -0.2) is 4.98 Å². The first-order valence-corrected chi connectivity index (χ1v) is 7.42. The zero-order valence-corrected chi connectivity index (χ0v) is 11.4. The molecule has 1 saturated carbocycles. The molecule has 1 heterocycles. The quantitative estimate of drug-likeness (QED) is 0.862. The summed E-state index contributed by atoms with van der Waals surface area (Å²) in [6.45, 7) is 2.86. The van der Waals surface area contributed by atoms with E-state index in [1.165, 1.54) is 0 Å². The average Bonchev–Trinajstić information content (AvgIpc) is 2.90. The number of aromatic nitrogens is 1. The second kappa shape index (κ2) is 6.29. The van der Waals surface area contributed by atoms with Gasteiger partial charge in [-0.3, -0.25) is 4.79 Å². The van der Waals surface area contributed by atoms with E-state index in [9.17, 15) is 9.90 Å². The van der Waals surface area contributed by atoms with Crippen molar-refractivity contribution in [3.05, 3.63) is 16.6 Å². The molecule has 0 bridgehead atoms. The minimum absolute atomic E-state index is 0.172. The SMILES string of the molecule is CC(NCC1CCCCC1C(=O)O)c1nccs1. The van der Waals surface area contributed by atoms with Crippen LogP contribution < -0.4 is 5.32 Å². The topological polar surface area (TPSA) is 62.2 Å². The minimum Gasteiger partial charge on any atom is -0.481 e. The van der Waals surface area contributed by atoms with E-state index in [2.05, 4.69) is 17.2 Å². The zero-order valence-electron chi connectivity index (χ0n) is 10.6. The highest BCUT2D eigenvalue weighted by Crippen LogP contribution is 2.30. The second-order valence-electron chi connectivity index (χ2n) is 4.99. The highest BCUT2D eigenvalue weighted by Gasteiger charge is 2.30. The fourth-order valence-corrected chi connectivity index (χ4v) is 3.31. The predicted octanol–water partition coefficient (Wildman–Crippen LogP) is 2.68. The number of carbonyl (C=O) groups is 1. The molecule has 0 radical (unpaired) electrons. The summed E-state index contributed by atoms with van der Waals surface area (Å²) in [7, 11) is 0. The van der Waals surface area contributed by atoms with Crippen LogP contribution >= 0.6 is 11.3 Å². The molecule has 1 aliphatic carbocycles. The number of aliphatic carboxylic acids is 1. The maximum absolute atomic E-state index is 11.2. The van der Waals surface area contributed by atoms with Crippen molar-refractivity contribution in [2.24, 2.45) is 11.8 Å². The summed E-state index contributed by atoms with van der Waals surface area (Å²) >= 11 is 1.63. The number of hydrogen-bond acceptors (Lipinski definition) is 4. The Hall–Kier alpha value is -0.940.